The van der Waals surface area contributed by atoms with Gasteiger partial charge < -0.3 is 24.2 Å². The lowest BCUT2D eigenvalue weighted by atomic mass is 10.1. The fraction of sp³-hybridized carbons (Fsp3) is 0.379. The van der Waals surface area contributed by atoms with Gasteiger partial charge in [-0.05, 0) is 61.9 Å². The van der Waals surface area contributed by atoms with Gasteiger partial charge in [0.15, 0.2) is 17.3 Å². The summed E-state index contributed by atoms with van der Waals surface area (Å²) in [5, 5.41) is 8.80. The number of nitrogens with zero attached hydrogens (tertiary/aromatic N) is 5. The highest BCUT2D eigenvalue weighted by Gasteiger charge is 2.28. The lowest BCUT2D eigenvalue weighted by Crippen LogP contribution is -2.53. The van der Waals surface area contributed by atoms with Crippen molar-refractivity contribution in [2.45, 2.75) is 26.3 Å². The average molecular weight is 536 g/mol. The van der Waals surface area contributed by atoms with E-state index in [0.29, 0.717) is 49.8 Å². The highest BCUT2D eigenvalue weighted by atomic mass is 19.1. The molecule has 4 rings (SSSR count). The van der Waals surface area contributed by atoms with E-state index in [0.717, 1.165) is 11.4 Å². The normalized spacial score (nSPS) is 14.1. The first-order valence-electron chi connectivity index (χ1n) is 13.0. The number of carbonyl (C=O) groups excluding carboxylic acids is 2. The van der Waals surface area contributed by atoms with Gasteiger partial charge in [0.05, 0.1) is 19.9 Å². The van der Waals surface area contributed by atoms with Crippen molar-refractivity contribution in [3.05, 3.63) is 66.0 Å². The van der Waals surface area contributed by atoms with Crippen molar-refractivity contribution in [2.75, 3.05) is 51.8 Å². The smallest absolute Gasteiger partial charge is 0.254 e. The number of ether oxygens (including phenoxy) is 2. The quantitative estimate of drug-likeness (QED) is 0.411. The molecular weight excluding hydrogens is 501 g/mol. The maximum atomic E-state index is 13.7. The van der Waals surface area contributed by atoms with Crippen LogP contribution in [0.15, 0.2) is 54.6 Å². The summed E-state index contributed by atoms with van der Waals surface area (Å²) in [6.07, 6.45) is 0.681. The van der Waals surface area contributed by atoms with E-state index >= 15 is 0 Å². The highest BCUT2D eigenvalue weighted by molar-refractivity contribution is 5.96. The Hall–Kier alpha value is -4.21. The molecule has 39 heavy (non-hydrogen) atoms. The molecule has 2 aromatic carbocycles. The minimum atomic E-state index is -0.479. The molecule has 2 amide bonds. The molecule has 1 aliphatic rings. The second-order valence-electron chi connectivity index (χ2n) is 9.42. The summed E-state index contributed by atoms with van der Waals surface area (Å²) >= 11 is 0. The van der Waals surface area contributed by atoms with Crippen molar-refractivity contribution in [1.82, 2.24) is 20.0 Å². The van der Waals surface area contributed by atoms with Crippen LogP contribution in [0.25, 0.3) is 11.3 Å². The minimum Gasteiger partial charge on any atom is -0.493 e. The number of anilines is 1. The van der Waals surface area contributed by atoms with Gasteiger partial charge in [-0.25, -0.2) is 4.39 Å². The molecule has 0 N–H and O–H groups in total. The summed E-state index contributed by atoms with van der Waals surface area (Å²) in [6, 6.07) is 14.8. The SMILES string of the molecule is CC[C@@H](C)N(CC(=O)N1CCN(c2ccc(-c3ccc(OC)c(OC)c3)nn2)CC1)C(=O)c1cccc(F)c1. The molecule has 1 atom stereocenters. The highest BCUT2D eigenvalue weighted by Crippen LogP contribution is 2.31. The fourth-order valence-corrected chi connectivity index (χ4v) is 4.51. The van der Waals surface area contributed by atoms with E-state index in [1.165, 1.54) is 23.1 Å². The predicted molar refractivity (Wildman–Crippen MR) is 147 cm³/mol. The van der Waals surface area contributed by atoms with Gasteiger partial charge in [-0.15, -0.1) is 10.2 Å². The van der Waals surface area contributed by atoms with Crippen LogP contribution in [0.1, 0.15) is 30.6 Å². The van der Waals surface area contributed by atoms with E-state index in [1.807, 2.05) is 44.2 Å². The van der Waals surface area contributed by atoms with Crippen LogP contribution in [0.5, 0.6) is 11.5 Å². The van der Waals surface area contributed by atoms with E-state index in [-0.39, 0.29) is 30.0 Å². The van der Waals surface area contributed by atoms with Gasteiger partial charge >= 0.3 is 0 Å². The zero-order valence-corrected chi connectivity index (χ0v) is 22.8. The number of methoxy groups -OCH3 is 2. The summed E-state index contributed by atoms with van der Waals surface area (Å²) in [5.74, 6) is 1.03. The van der Waals surface area contributed by atoms with Gasteiger partial charge in [-0.2, -0.15) is 0 Å². The van der Waals surface area contributed by atoms with Crippen LogP contribution in [0, 0.1) is 5.82 Å². The molecule has 0 bridgehead atoms. The van der Waals surface area contributed by atoms with Gasteiger partial charge in [0.25, 0.3) is 5.91 Å². The van der Waals surface area contributed by atoms with E-state index in [9.17, 15) is 14.0 Å². The molecule has 3 aromatic rings. The van der Waals surface area contributed by atoms with Crippen molar-refractivity contribution < 1.29 is 23.5 Å². The lowest BCUT2D eigenvalue weighted by molar-refractivity contribution is -0.132. The largest absolute Gasteiger partial charge is 0.493 e. The second-order valence-corrected chi connectivity index (χ2v) is 9.42. The molecular formula is C29H34FN5O4. The second kappa shape index (κ2) is 12.6. The molecule has 10 heteroatoms. The summed E-state index contributed by atoms with van der Waals surface area (Å²) in [4.78, 5) is 31.6. The first kappa shape index (κ1) is 27.8. The van der Waals surface area contributed by atoms with Crippen LogP contribution in [0.3, 0.4) is 0 Å². The van der Waals surface area contributed by atoms with Crippen molar-refractivity contribution in [3.63, 3.8) is 0 Å². The van der Waals surface area contributed by atoms with Crippen molar-refractivity contribution >= 4 is 17.6 Å². The predicted octanol–water partition coefficient (Wildman–Crippen LogP) is 3.89. The Bertz CT molecular complexity index is 1300. The van der Waals surface area contributed by atoms with Crippen LogP contribution in [-0.4, -0.2) is 84.8 Å². The summed E-state index contributed by atoms with van der Waals surface area (Å²) in [6.45, 7) is 5.99. The Morgan fingerprint density at radius 2 is 1.72 bits per heavy atom. The Labute approximate surface area is 228 Å². The Balaban J connectivity index is 1.37. The van der Waals surface area contributed by atoms with Gasteiger partial charge in [0.2, 0.25) is 5.91 Å². The molecule has 206 valence electrons. The average Bonchev–Trinajstić information content (AvgIpc) is 2.98. The van der Waals surface area contributed by atoms with Crippen LogP contribution in [0.2, 0.25) is 0 Å². The third-order valence-electron chi connectivity index (χ3n) is 7.05. The van der Waals surface area contributed by atoms with Gasteiger partial charge in [0, 0.05) is 43.3 Å². The molecule has 9 nitrogen and oxygen atoms in total. The number of benzene rings is 2. The lowest BCUT2D eigenvalue weighted by Gasteiger charge is -2.37. The van der Waals surface area contributed by atoms with Crippen LogP contribution < -0.4 is 14.4 Å². The number of amides is 2. The molecule has 2 heterocycles. The summed E-state index contributed by atoms with van der Waals surface area (Å²) in [5.41, 5.74) is 1.81. The first-order chi connectivity index (χ1) is 18.8. The molecule has 0 unspecified atom stereocenters. The van der Waals surface area contributed by atoms with Gasteiger partial charge in [-0.3, -0.25) is 9.59 Å². The maximum Gasteiger partial charge on any atom is 0.254 e. The van der Waals surface area contributed by atoms with Crippen LogP contribution >= 0.6 is 0 Å². The van der Waals surface area contributed by atoms with Crippen LogP contribution in [-0.2, 0) is 4.79 Å². The third-order valence-corrected chi connectivity index (χ3v) is 7.05. The molecule has 0 spiro atoms. The molecule has 1 aromatic heterocycles. The fourth-order valence-electron chi connectivity index (χ4n) is 4.51. The molecule has 1 fully saturated rings. The van der Waals surface area contributed by atoms with E-state index < -0.39 is 5.82 Å². The number of hydrogen-bond donors (Lipinski definition) is 0. The monoisotopic (exact) mass is 535 g/mol. The molecule has 0 radical (unpaired) electrons. The Morgan fingerprint density at radius 3 is 2.33 bits per heavy atom. The number of aromatic nitrogens is 2. The number of hydrogen-bond acceptors (Lipinski definition) is 7. The summed E-state index contributed by atoms with van der Waals surface area (Å²) in [7, 11) is 3.18. The van der Waals surface area contributed by atoms with Crippen LogP contribution in [0.4, 0.5) is 10.2 Å². The van der Waals surface area contributed by atoms with Crippen molar-refractivity contribution in [1.29, 1.82) is 0 Å². The molecule has 0 aliphatic carbocycles. The maximum absolute atomic E-state index is 13.7. The van der Waals surface area contributed by atoms with E-state index in [1.54, 1.807) is 25.2 Å². The topological polar surface area (TPSA) is 88.1 Å². The molecule has 1 saturated heterocycles. The van der Waals surface area contributed by atoms with Crippen molar-refractivity contribution in [2.24, 2.45) is 0 Å². The standard InChI is InChI=1S/C29H34FN5O4/c1-5-20(2)35(29(37)22-7-6-8-23(30)17-22)19-28(36)34-15-13-33(14-16-34)27-12-10-24(31-32-27)21-9-11-25(38-3)26(18-21)39-4/h6-12,17-18,20H,5,13-16,19H2,1-4H3/t20-/m1/s1. The number of rotatable bonds is 9. The van der Waals surface area contributed by atoms with Crippen molar-refractivity contribution in [3.8, 4) is 22.8 Å². The third kappa shape index (κ3) is 6.45. The number of halogens is 1. The molecule has 0 saturated carbocycles. The van der Waals surface area contributed by atoms with Gasteiger partial charge in [0.1, 0.15) is 12.4 Å². The summed E-state index contributed by atoms with van der Waals surface area (Å²) < 4.78 is 24.4. The van der Waals surface area contributed by atoms with E-state index in [2.05, 4.69) is 15.1 Å². The van der Waals surface area contributed by atoms with E-state index in [4.69, 9.17) is 9.47 Å². The first-order valence-corrected chi connectivity index (χ1v) is 13.0. The Kier molecular flexibility index (Phi) is 8.96. The van der Waals surface area contributed by atoms with Gasteiger partial charge in [-0.1, -0.05) is 13.0 Å². The minimum absolute atomic E-state index is 0.0514. The Morgan fingerprint density at radius 1 is 0.974 bits per heavy atom. The number of piperazine rings is 1. The number of carbonyl (C=O) groups is 2. The zero-order valence-electron chi connectivity index (χ0n) is 22.8. The zero-order chi connectivity index (χ0) is 27.9. The molecule has 1 aliphatic heterocycles.